The Hall–Kier alpha value is -0.890. The Labute approximate surface area is 55.2 Å². The van der Waals surface area contributed by atoms with E-state index in [1.54, 1.807) is 19.1 Å². The molecule has 50 valence electrons. The third-order valence-electron chi connectivity index (χ3n) is 0.899. The Kier molecular flexibility index (Phi) is 3.64. The molecular formula is C7H11NO. The second kappa shape index (κ2) is 4.04. The summed E-state index contributed by atoms with van der Waals surface area (Å²) in [5.74, 6) is 0. The van der Waals surface area contributed by atoms with Crippen molar-refractivity contribution in [3.05, 3.63) is 24.4 Å². The largest absolute Gasteiger partial charge is 0.387 e. The van der Waals surface area contributed by atoms with Gasteiger partial charge in [0.05, 0.1) is 11.8 Å². The summed E-state index contributed by atoms with van der Waals surface area (Å²) >= 11 is 0. The Morgan fingerprint density at radius 2 is 2.33 bits per heavy atom. The van der Waals surface area contributed by atoms with Gasteiger partial charge >= 0.3 is 0 Å². The van der Waals surface area contributed by atoms with Crippen molar-refractivity contribution in [1.29, 1.82) is 0 Å². The zero-order valence-electron chi connectivity index (χ0n) is 5.54. The summed E-state index contributed by atoms with van der Waals surface area (Å²) in [4.78, 5) is 3.57. The summed E-state index contributed by atoms with van der Waals surface area (Å²) in [5.41, 5.74) is 0.546. The fourth-order valence-corrected chi connectivity index (χ4v) is 0.445. The number of aliphatic hydroxyl groups excluding tert-OH is 1. The SMILES string of the molecule is C=CC=C(N=C)C(C)O. The molecule has 0 radical (unpaired) electrons. The van der Waals surface area contributed by atoms with E-state index in [1.165, 1.54) is 0 Å². The van der Waals surface area contributed by atoms with Gasteiger partial charge in [-0.05, 0) is 19.7 Å². The standard InChI is InChI=1S/C7H11NO/c1-4-5-7(8-3)6(2)9/h4-6,9H,1,3H2,2H3. The van der Waals surface area contributed by atoms with Crippen LogP contribution in [0.1, 0.15) is 6.92 Å². The molecule has 0 aromatic carbocycles. The molecule has 0 aliphatic heterocycles. The van der Waals surface area contributed by atoms with Gasteiger partial charge in [-0.15, -0.1) is 0 Å². The normalized spacial score (nSPS) is 14.7. The quantitative estimate of drug-likeness (QED) is 0.445. The predicted octanol–water partition coefficient (Wildman–Crippen LogP) is 1.14. The van der Waals surface area contributed by atoms with Crippen molar-refractivity contribution in [1.82, 2.24) is 0 Å². The lowest BCUT2D eigenvalue weighted by Crippen LogP contribution is -2.00. The Bertz CT molecular complexity index is 136. The van der Waals surface area contributed by atoms with E-state index in [0.29, 0.717) is 5.70 Å². The molecule has 0 aromatic rings. The van der Waals surface area contributed by atoms with Crippen LogP contribution in [0.25, 0.3) is 0 Å². The molecule has 2 nitrogen and oxygen atoms in total. The molecule has 1 N–H and O–H groups in total. The van der Waals surface area contributed by atoms with Crippen LogP contribution in [-0.2, 0) is 0 Å². The first kappa shape index (κ1) is 8.11. The zero-order chi connectivity index (χ0) is 7.28. The fourth-order valence-electron chi connectivity index (χ4n) is 0.445. The number of allylic oxidation sites excluding steroid dienone is 2. The Balaban J connectivity index is 4.13. The summed E-state index contributed by atoms with van der Waals surface area (Å²) in [6, 6.07) is 0. The van der Waals surface area contributed by atoms with Crippen LogP contribution in [-0.4, -0.2) is 17.9 Å². The average molecular weight is 125 g/mol. The van der Waals surface area contributed by atoms with Gasteiger partial charge in [-0.1, -0.05) is 12.7 Å². The van der Waals surface area contributed by atoms with E-state index in [-0.39, 0.29) is 0 Å². The van der Waals surface area contributed by atoms with Crippen LogP contribution >= 0.6 is 0 Å². The molecule has 0 aliphatic rings. The van der Waals surface area contributed by atoms with Crippen LogP contribution in [0, 0.1) is 0 Å². The summed E-state index contributed by atoms with van der Waals surface area (Å²) in [5, 5.41) is 8.89. The van der Waals surface area contributed by atoms with Gasteiger partial charge in [0.15, 0.2) is 0 Å². The second-order valence-electron chi connectivity index (χ2n) is 1.66. The summed E-state index contributed by atoms with van der Waals surface area (Å²) in [6.07, 6.45) is 2.63. The fraction of sp³-hybridized carbons (Fsp3) is 0.286. The van der Waals surface area contributed by atoms with Crippen molar-refractivity contribution in [2.45, 2.75) is 13.0 Å². The topological polar surface area (TPSA) is 32.6 Å². The summed E-state index contributed by atoms with van der Waals surface area (Å²) < 4.78 is 0. The third-order valence-corrected chi connectivity index (χ3v) is 0.899. The molecule has 0 rings (SSSR count). The average Bonchev–Trinajstić information content (AvgIpc) is 1.82. The van der Waals surface area contributed by atoms with Crippen LogP contribution in [0.4, 0.5) is 0 Å². The van der Waals surface area contributed by atoms with Crippen molar-refractivity contribution >= 4 is 6.72 Å². The van der Waals surface area contributed by atoms with E-state index < -0.39 is 6.10 Å². The highest BCUT2D eigenvalue weighted by atomic mass is 16.3. The maximum absolute atomic E-state index is 8.89. The van der Waals surface area contributed by atoms with Crippen molar-refractivity contribution < 1.29 is 5.11 Å². The second-order valence-corrected chi connectivity index (χ2v) is 1.66. The van der Waals surface area contributed by atoms with Gasteiger partial charge in [-0.25, -0.2) is 0 Å². The minimum absolute atomic E-state index is 0.546. The molecule has 1 atom stereocenters. The van der Waals surface area contributed by atoms with Gasteiger partial charge < -0.3 is 5.11 Å². The molecule has 0 spiro atoms. The number of hydrogen-bond acceptors (Lipinski definition) is 2. The number of aliphatic imine (C=N–C) groups is 1. The van der Waals surface area contributed by atoms with Crippen molar-refractivity contribution in [3.63, 3.8) is 0 Å². The summed E-state index contributed by atoms with van der Waals surface area (Å²) in [7, 11) is 0. The number of hydrogen-bond donors (Lipinski definition) is 1. The number of rotatable bonds is 3. The number of aliphatic hydroxyl groups is 1. The van der Waals surface area contributed by atoms with E-state index in [9.17, 15) is 0 Å². The van der Waals surface area contributed by atoms with E-state index in [1.807, 2.05) is 0 Å². The molecule has 0 fully saturated rings. The van der Waals surface area contributed by atoms with E-state index >= 15 is 0 Å². The Morgan fingerprint density at radius 1 is 1.78 bits per heavy atom. The number of nitrogens with zero attached hydrogens (tertiary/aromatic N) is 1. The van der Waals surface area contributed by atoms with Crippen molar-refractivity contribution in [2.75, 3.05) is 0 Å². The lowest BCUT2D eigenvalue weighted by molar-refractivity contribution is 0.230. The molecule has 9 heavy (non-hydrogen) atoms. The van der Waals surface area contributed by atoms with Gasteiger partial charge in [-0.2, -0.15) is 0 Å². The lowest BCUT2D eigenvalue weighted by Gasteiger charge is -2.00. The van der Waals surface area contributed by atoms with E-state index in [4.69, 9.17) is 5.11 Å². The van der Waals surface area contributed by atoms with Gasteiger partial charge in [-0.3, -0.25) is 4.99 Å². The highest BCUT2D eigenvalue weighted by molar-refractivity contribution is 5.31. The summed E-state index contributed by atoms with van der Waals surface area (Å²) in [6.45, 7) is 8.36. The monoisotopic (exact) mass is 125 g/mol. The van der Waals surface area contributed by atoms with E-state index in [2.05, 4.69) is 18.3 Å². The molecule has 0 amide bonds. The first-order valence-corrected chi connectivity index (χ1v) is 2.69. The van der Waals surface area contributed by atoms with Gasteiger partial charge in [0, 0.05) is 0 Å². The van der Waals surface area contributed by atoms with Crippen LogP contribution in [0.2, 0.25) is 0 Å². The van der Waals surface area contributed by atoms with E-state index in [0.717, 1.165) is 0 Å². The molecule has 0 saturated carbocycles. The van der Waals surface area contributed by atoms with Gasteiger partial charge in [0.1, 0.15) is 0 Å². The molecule has 0 aliphatic carbocycles. The smallest absolute Gasteiger partial charge is 0.0931 e. The maximum Gasteiger partial charge on any atom is 0.0931 e. The first-order chi connectivity index (χ1) is 4.22. The first-order valence-electron chi connectivity index (χ1n) is 2.69. The lowest BCUT2D eigenvalue weighted by atomic mass is 10.3. The van der Waals surface area contributed by atoms with Crippen molar-refractivity contribution in [3.8, 4) is 0 Å². The third kappa shape index (κ3) is 2.82. The molecular weight excluding hydrogens is 114 g/mol. The molecule has 0 bridgehead atoms. The molecule has 0 aromatic heterocycles. The molecule has 0 heterocycles. The molecule has 2 heteroatoms. The van der Waals surface area contributed by atoms with Crippen molar-refractivity contribution in [2.24, 2.45) is 4.99 Å². The minimum Gasteiger partial charge on any atom is -0.387 e. The van der Waals surface area contributed by atoms with Crippen LogP contribution in [0.3, 0.4) is 0 Å². The highest BCUT2D eigenvalue weighted by Gasteiger charge is 1.97. The molecule has 1 unspecified atom stereocenters. The van der Waals surface area contributed by atoms with Crippen LogP contribution in [0.15, 0.2) is 29.4 Å². The van der Waals surface area contributed by atoms with Gasteiger partial charge in [0.2, 0.25) is 0 Å². The molecule has 0 saturated heterocycles. The maximum atomic E-state index is 8.89. The van der Waals surface area contributed by atoms with Crippen LogP contribution in [0.5, 0.6) is 0 Å². The highest BCUT2D eigenvalue weighted by Crippen LogP contribution is 2.01. The Morgan fingerprint density at radius 3 is 2.44 bits per heavy atom. The van der Waals surface area contributed by atoms with Gasteiger partial charge in [0.25, 0.3) is 0 Å². The predicted molar refractivity (Wildman–Crippen MR) is 39.5 cm³/mol. The van der Waals surface area contributed by atoms with Crippen LogP contribution < -0.4 is 0 Å². The zero-order valence-corrected chi connectivity index (χ0v) is 5.54. The minimum atomic E-state index is -0.555.